The lowest BCUT2D eigenvalue weighted by Gasteiger charge is -2.26. The average Bonchev–Trinajstić information content (AvgIpc) is 4.08. The lowest BCUT2D eigenvalue weighted by atomic mass is 9.99. The van der Waals surface area contributed by atoms with E-state index in [2.05, 4.69) is 212 Å². The second-order valence-electron chi connectivity index (χ2n) is 15.7. The molecular weight excluding hydrogens is 705 g/mol. The minimum Gasteiger partial charge on any atom is -0.310 e. The SMILES string of the molecule is c1ccc(N(c2ccccc2)c2ccc3c4c5c6ccccc6n6c7ccc8c9ccccc9n(-c9ccccc9)c8c7c(cc4n4c7ccccc7c2c34)c56)cc1. The Morgan fingerprint density at radius 3 is 1.52 bits per heavy atom. The predicted octanol–water partition coefficient (Wildman–Crippen LogP) is 14.6. The fraction of sp³-hybridized carbons (Fsp3) is 0. The summed E-state index contributed by atoms with van der Waals surface area (Å²) in [5.41, 5.74) is 14.5. The van der Waals surface area contributed by atoms with Crippen LogP contribution in [0, 0.1) is 0 Å². The zero-order valence-corrected chi connectivity index (χ0v) is 31.3. The van der Waals surface area contributed by atoms with Crippen LogP contribution in [0.2, 0.25) is 0 Å². The molecule has 5 heterocycles. The number of benzene rings is 9. The highest BCUT2D eigenvalue weighted by molar-refractivity contribution is 6.40. The number of rotatable bonds is 4. The molecule has 58 heavy (non-hydrogen) atoms. The molecule has 0 amide bonds. The zero-order valence-electron chi connectivity index (χ0n) is 31.3. The van der Waals surface area contributed by atoms with Crippen LogP contribution in [0.15, 0.2) is 194 Å². The van der Waals surface area contributed by atoms with Crippen LogP contribution in [0.1, 0.15) is 0 Å². The van der Waals surface area contributed by atoms with E-state index in [1.807, 2.05) is 0 Å². The van der Waals surface area contributed by atoms with Crippen molar-refractivity contribution in [3.05, 3.63) is 194 Å². The third kappa shape index (κ3) is 3.66. The van der Waals surface area contributed by atoms with Crippen molar-refractivity contribution in [1.29, 1.82) is 0 Å². The quantitative estimate of drug-likeness (QED) is 0.176. The summed E-state index contributed by atoms with van der Waals surface area (Å²) in [6.45, 7) is 0. The topological polar surface area (TPSA) is 17.0 Å². The van der Waals surface area contributed by atoms with Crippen LogP contribution in [-0.2, 0) is 0 Å². The summed E-state index contributed by atoms with van der Waals surface area (Å²) < 4.78 is 7.61. The summed E-state index contributed by atoms with van der Waals surface area (Å²) in [6, 6.07) is 71.3. The van der Waals surface area contributed by atoms with Gasteiger partial charge in [0.05, 0.1) is 49.8 Å². The van der Waals surface area contributed by atoms with Crippen LogP contribution in [0.4, 0.5) is 17.1 Å². The third-order valence-electron chi connectivity index (χ3n) is 12.8. The van der Waals surface area contributed by atoms with Gasteiger partial charge in [-0.05, 0) is 72.8 Å². The summed E-state index contributed by atoms with van der Waals surface area (Å²) in [5, 5.41) is 12.8. The first kappa shape index (κ1) is 30.4. The summed E-state index contributed by atoms with van der Waals surface area (Å²) in [7, 11) is 0. The third-order valence-corrected chi connectivity index (χ3v) is 12.8. The highest BCUT2D eigenvalue weighted by Crippen LogP contribution is 2.52. The van der Waals surface area contributed by atoms with Crippen LogP contribution in [0.25, 0.3) is 104 Å². The number of aromatic nitrogens is 3. The fourth-order valence-electron chi connectivity index (χ4n) is 10.7. The van der Waals surface area contributed by atoms with E-state index >= 15 is 0 Å². The van der Waals surface area contributed by atoms with E-state index < -0.39 is 0 Å². The van der Waals surface area contributed by atoms with Crippen LogP contribution in [0.3, 0.4) is 0 Å². The average molecular weight is 737 g/mol. The molecule has 0 N–H and O–H groups in total. The molecule has 0 radical (unpaired) electrons. The summed E-state index contributed by atoms with van der Waals surface area (Å²) in [5.74, 6) is 0. The van der Waals surface area contributed by atoms with E-state index in [-0.39, 0.29) is 0 Å². The van der Waals surface area contributed by atoms with Crippen LogP contribution < -0.4 is 4.90 Å². The van der Waals surface area contributed by atoms with Crippen molar-refractivity contribution >= 4 is 115 Å². The molecule has 14 rings (SSSR count). The molecule has 0 unspecified atom stereocenters. The van der Waals surface area contributed by atoms with E-state index in [1.54, 1.807) is 0 Å². The van der Waals surface area contributed by atoms with Gasteiger partial charge in [0.25, 0.3) is 0 Å². The second-order valence-corrected chi connectivity index (χ2v) is 15.7. The number of para-hydroxylation sites is 6. The molecular formula is C54H32N4. The largest absolute Gasteiger partial charge is 0.310 e. The van der Waals surface area contributed by atoms with Gasteiger partial charge < -0.3 is 18.3 Å². The molecule has 14 aromatic rings. The van der Waals surface area contributed by atoms with Gasteiger partial charge in [0, 0.05) is 70.9 Å². The lowest BCUT2D eigenvalue weighted by molar-refractivity contribution is 1.19. The Kier molecular flexibility index (Phi) is 5.73. The Morgan fingerprint density at radius 1 is 0.293 bits per heavy atom. The predicted molar refractivity (Wildman–Crippen MR) is 245 cm³/mol. The van der Waals surface area contributed by atoms with Gasteiger partial charge in [0.1, 0.15) is 0 Å². The summed E-state index contributed by atoms with van der Waals surface area (Å²) in [6.07, 6.45) is 0. The van der Waals surface area contributed by atoms with E-state index in [1.165, 1.54) is 109 Å². The highest BCUT2D eigenvalue weighted by Gasteiger charge is 2.29. The molecule has 0 aliphatic carbocycles. The van der Waals surface area contributed by atoms with Crippen LogP contribution in [-0.4, -0.2) is 13.4 Å². The molecule has 9 aromatic carbocycles. The summed E-state index contributed by atoms with van der Waals surface area (Å²) in [4.78, 5) is 2.42. The highest BCUT2D eigenvalue weighted by atomic mass is 15.1. The minimum absolute atomic E-state index is 1.13. The molecule has 0 saturated heterocycles. The first-order chi connectivity index (χ1) is 28.8. The zero-order chi connectivity index (χ0) is 37.6. The van der Waals surface area contributed by atoms with Gasteiger partial charge in [-0.15, -0.1) is 0 Å². The molecule has 0 aliphatic heterocycles. The Labute approximate surface area is 331 Å². The molecule has 0 aliphatic rings. The van der Waals surface area contributed by atoms with E-state index in [0.717, 1.165) is 11.4 Å². The number of nitrogens with zero attached hydrogens (tertiary/aromatic N) is 4. The van der Waals surface area contributed by atoms with Gasteiger partial charge in [0.2, 0.25) is 0 Å². The van der Waals surface area contributed by atoms with Gasteiger partial charge in [0.15, 0.2) is 0 Å². The van der Waals surface area contributed by atoms with Crippen molar-refractivity contribution in [2.24, 2.45) is 0 Å². The van der Waals surface area contributed by atoms with Crippen LogP contribution >= 0.6 is 0 Å². The van der Waals surface area contributed by atoms with Gasteiger partial charge in [-0.25, -0.2) is 0 Å². The maximum atomic E-state index is 2.57. The standard InChI is InChI=1S/C54H32N4/c1-4-16-33(17-5-1)55(34-18-6-2-7-19-34)45-31-29-40-48-47(58-43-26-14-11-23-38(43)49(45)53(40)58)32-41-50-46(57-44-27-15-12-24-39(44)51(48)54(41)57)30-28-37-36-22-10-13-25-42(36)56(52(37)50)35-20-8-3-9-21-35/h1-32H. The maximum Gasteiger partial charge on any atom is 0.0641 e. The van der Waals surface area contributed by atoms with Gasteiger partial charge >= 0.3 is 0 Å². The Hall–Kier alpha value is -7.82. The monoisotopic (exact) mass is 736 g/mol. The minimum atomic E-state index is 1.13. The van der Waals surface area contributed by atoms with E-state index in [0.29, 0.717) is 0 Å². The first-order valence-corrected chi connectivity index (χ1v) is 20.0. The van der Waals surface area contributed by atoms with E-state index in [9.17, 15) is 0 Å². The van der Waals surface area contributed by atoms with Crippen molar-refractivity contribution in [2.45, 2.75) is 0 Å². The van der Waals surface area contributed by atoms with Gasteiger partial charge in [-0.3, -0.25) is 0 Å². The van der Waals surface area contributed by atoms with Crippen molar-refractivity contribution < 1.29 is 0 Å². The normalized spacial score (nSPS) is 12.5. The van der Waals surface area contributed by atoms with Crippen LogP contribution in [0.5, 0.6) is 0 Å². The second kappa shape index (κ2) is 10.9. The molecule has 0 fully saturated rings. The molecule has 4 nitrogen and oxygen atoms in total. The smallest absolute Gasteiger partial charge is 0.0641 e. The van der Waals surface area contributed by atoms with Crippen molar-refractivity contribution in [1.82, 2.24) is 13.4 Å². The molecule has 268 valence electrons. The number of hydrogen-bond donors (Lipinski definition) is 0. The lowest BCUT2D eigenvalue weighted by Crippen LogP contribution is -2.10. The Bertz CT molecular complexity index is 3910. The first-order valence-electron chi connectivity index (χ1n) is 20.0. The summed E-state index contributed by atoms with van der Waals surface area (Å²) >= 11 is 0. The number of fused-ring (bicyclic) bond motifs is 17. The number of anilines is 3. The maximum absolute atomic E-state index is 2.57. The molecule has 0 bridgehead atoms. The van der Waals surface area contributed by atoms with Crippen molar-refractivity contribution in [2.75, 3.05) is 4.90 Å². The van der Waals surface area contributed by atoms with E-state index in [4.69, 9.17) is 0 Å². The Balaban J connectivity index is 1.22. The molecule has 0 atom stereocenters. The number of hydrogen-bond acceptors (Lipinski definition) is 1. The molecule has 4 heteroatoms. The molecule has 0 saturated carbocycles. The van der Waals surface area contributed by atoms with Gasteiger partial charge in [-0.1, -0.05) is 121 Å². The molecule has 0 spiro atoms. The van der Waals surface area contributed by atoms with Crippen molar-refractivity contribution in [3.8, 4) is 5.69 Å². The van der Waals surface area contributed by atoms with Crippen molar-refractivity contribution in [3.63, 3.8) is 0 Å². The molecule has 5 aromatic heterocycles. The Morgan fingerprint density at radius 2 is 0.828 bits per heavy atom. The fourth-order valence-corrected chi connectivity index (χ4v) is 10.7. The van der Waals surface area contributed by atoms with Gasteiger partial charge in [-0.2, -0.15) is 0 Å².